The topological polar surface area (TPSA) is 57.5 Å². The van der Waals surface area contributed by atoms with Crippen molar-refractivity contribution in [1.29, 1.82) is 0 Å². The molecule has 1 rings (SSSR count). The molecule has 0 radical (unpaired) electrons. The number of hydrogen-bond donors (Lipinski definition) is 2. The van der Waals surface area contributed by atoms with Crippen LogP contribution >= 0.6 is 11.6 Å². The third kappa shape index (κ3) is 3.53. The summed E-state index contributed by atoms with van der Waals surface area (Å²) in [5.74, 6) is 0.217. The van der Waals surface area contributed by atoms with E-state index in [-0.39, 0.29) is 11.7 Å². The van der Waals surface area contributed by atoms with Crippen LogP contribution in [0.15, 0.2) is 18.2 Å². The second-order valence-electron chi connectivity index (χ2n) is 4.12. The highest BCUT2D eigenvalue weighted by molar-refractivity contribution is 6.17. The molecule has 1 aromatic carbocycles. The zero-order valence-electron chi connectivity index (χ0n) is 9.98. The molecule has 0 aliphatic carbocycles. The van der Waals surface area contributed by atoms with Gasteiger partial charge in [0.15, 0.2) is 5.78 Å². The van der Waals surface area contributed by atoms with Crippen molar-refractivity contribution in [3.05, 3.63) is 34.9 Å². The fourth-order valence-corrected chi connectivity index (χ4v) is 1.88. The maximum absolute atomic E-state index is 11.3. The van der Waals surface area contributed by atoms with Crippen molar-refractivity contribution in [2.75, 3.05) is 5.88 Å². The summed E-state index contributed by atoms with van der Waals surface area (Å²) < 4.78 is 0. The van der Waals surface area contributed by atoms with E-state index < -0.39 is 12.2 Å². The molecule has 1 aromatic rings. The van der Waals surface area contributed by atoms with Crippen LogP contribution in [0.2, 0.25) is 0 Å². The molecule has 0 amide bonds. The van der Waals surface area contributed by atoms with Gasteiger partial charge in [0.2, 0.25) is 0 Å². The number of halogens is 1. The van der Waals surface area contributed by atoms with Crippen molar-refractivity contribution in [3.63, 3.8) is 0 Å². The summed E-state index contributed by atoms with van der Waals surface area (Å²) in [6, 6.07) is 5.10. The number of alkyl halides is 1. The summed E-state index contributed by atoms with van der Waals surface area (Å²) in [6.45, 7) is 3.30. The highest BCUT2D eigenvalue weighted by Crippen LogP contribution is 2.24. The van der Waals surface area contributed by atoms with Crippen molar-refractivity contribution in [1.82, 2.24) is 0 Å². The molecule has 0 aromatic heterocycles. The Morgan fingerprint density at radius 2 is 2.06 bits per heavy atom. The van der Waals surface area contributed by atoms with Gasteiger partial charge in [0.25, 0.3) is 0 Å². The van der Waals surface area contributed by atoms with Gasteiger partial charge in [-0.3, -0.25) is 4.79 Å². The van der Waals surface area contributed by atoms with Crippen LogP contribution in [0.4, 0.5) is 0 Å². The van der Waals surface area contributed by atoms with E-state index in [1.807, 2.05) is 6.92 Å². The Balaban J connectivity index is 3.03. The highest BCUT2D eigenvalue weighted by Gasteiger charge is 2.20. The summed E-state index contributed by atoms with van der Waals surface area (Å²) in [4.78, 5) is 11.3. The minimum atomic E-state index is -1.01. The van der Waals surface area contributed by atoms with Crippen LogP contribution in [0, 0.1) is 6.92 Å². The third-order valence-electron chi connectivity index (χ3n) is 2.77. The molecule has 0 aliphatic rings. The number of ketones is 1. The Morgan fingerprint density at radius 1 is 1.41 bits per heavy atom. The Hall–Kier alpha value is -0.900. The second kappa shape index (κ2) is 6.15. The van der Waals surface area contributed by atoms with E-state index in [9.17, 15) is 15.0 Å². The molecular weight excluding hydrogens is 240 g/mol. The molecule has 0 aliphatic heterocycles. The van der Waals surface area contributed by atoms with Crippen LogP contribution in [0.5, 0.6) is 0 Å². The fourth-order valence-electron chi connectivity index (χ4n) is 1.66. The second-order valence-corrected chi connectivity index (χ2v) is 4.50. The van der Waals surface area contributed by atoms with Gasteiger partial charge in [0.05, 0.1) is 6.10 Å². The van der Waals surface area contributed by atoms with Gasteiger partial charge >= 0.3 is 0 Å². The lowest BCUT2D eigenvalue weighted by Crippen LogP contribution is -2.19. The SMILES string of the molecule is CC(=O)c1ccc(C)c(C(O)C(O)CCCl)c1. The van der Waals surface area contributed by atoms with Crippen molar-refractivity contribution >= 4 is 17.4 Å². The van der Waals surface area contributed by atoms with Gasteiger partial charge in [0, 0.05) is 11.4 Å². The zero-order valence-corrected chi connectivity index (χ0v) is 10.7. The van der Waals surface area contributed by atoms with Crippen molar-refractivity contribution in [2.45, 2.75) is 32.5 Å². The predicted octanol–water partition coefficient (Wildman–Crippen LogP) is 2.22. The third-order valence-corrected chi connectivity index (χ3v) is 2.99. The fraction of sp³-hybridized carbons (Fsp3) is 0.462. The minimum Gasteiger partial charge on any atom is -0.390 e. The number of carbonyl (C=O) groups excluding carboxylic acids is 1. The maximum atomic E-state index is 11.3. The van der Waals surface area contributed by atoms with Crippen LogP contribution < -0.4 is 0 Å². The molecule has 2 unspecified atom stereocenters. The molecule has 4 heteroatoms. The molecule has 0 heterocycles. The number of aliphatic hydroxyl groups is 2. The molecule has 94 valence electrons. The summed E-state index contributed by atoms with van der Waals surface area (Å²) in [5, 5.41) is 19.7. The van der Waals surface area contributed by atoms with E-state index in [1.165, 1.54) is 6.92 Å². The Morgan fingerprint density at radius 3 is 2.59 bits per heavy atom. The number of benzene rings is 1. The molecule has 0 saturated carbocycles. The quantitative estimate of drug-likeness (QED) is 0.627. The van der Waals surface area contributed by atoms with E-state index in [0.717, 1.165) is 5.56 Å². The van der Waals surface area contributed by atoms with E-state index >= 15 is 0 Å². The van der Waals surface area contributed by atoms with Gasteiger partial charge in [-0.25, -0.2) is 0 Å². The largest absolute Gasteiger partial charge is 0.390 e. The van der Waals surface area contributed by atoms with Crippen molar-refractivity contribution in [3.8, 4) is 0 Å². The van der Waals surface area contributed by atoms with Gasteiger partial charge < -0.3 is 10.2 Å². The average Bonchev–Trinajstić information content (AvgIpc) is 2.28. The van der Waals surface area contributed by atoms with Crippen LogP contribution in [0.3, 0.4) is 0 Å². The van der Waals surface area contributed by atoms with E-state index in [2.05, 4.69) is 0 Å². The van der Waals surface area contributed by atoms with Crippen molar-refractivity contribution < 1.29 is 15.0 Å². The first-order valence-electron chi connectivity index (χ1n) is 5.51. The van der Waals surface area contributed by atoms with Gasteiger partial charge in [-0.05, 0) is 37.5 Å². The van der Waals surface area contributed by atoms with Gasteiger partial charge in [0.1, 0.15) is 6.10 Å². The van der Waals surface area contributed by atoms with Gasteiger partial charge in [-0.2, -0.15) is 0 Å². The average molecular weight is 257 g/mol. The predicted molar refractivity (Wildman–Crippen MR) is 67.5 cm³/mol. The lowest BCUT2D eigenvalue weighted by Gasteiger charge is -2.19. The zero-order chi connectivity index (χ0) is 13.0. The molecule has 0 fully saturated rings. The standard InChI is InChI=1S/C13H17ClO3/c1-8-3-4-10(9(2)15)7-11(8)13(17)12(16)5-6-14/h3-4,7,12-13,16-17H,5-6H2,1-2H3. The summed E-state index contributed by atoms with van der Waals surface area (Å²) in [6.07, 6.45) is -1.60. The first-order chi connectivity index (χ1) is 7.97. The number of aliphatic hydroxyl groups excluding tert-OH is 2. The summed E-state index contributed by atoms with van der Waals surface area (Å²) in [5.41, 5.74) is 1.95. The summed E-state index contributed by atoms with van der Waals surface area (Å²) >= 11 is 5.52. The Kier molecular flexibility index (Phi) is 5.12. The maximum Gasteiger partial charge on any atom is 0.159 e. The molecule has 2 atom stereocenters. The van der Waals surface area contributed by atoms with Crippen molar-refractivity contribution in [2.24, 2.45) is 0 Å². The van der Waals surface area contributed by atoms with E-state index in [1.54, 1.807) is 18.2 Å². The Bertz CT molecular complexity index is 404. The molecule has 3 nitrogen and oxygen atoms in total. The Labute approximate surface area is 106 Å². The molecule has 0 spiro atoms. The first kappa shape index (κ1) is 14.2. The van der Waals surface area contributed by atoms with Crippen LogP contribution in [0.25, 0.3) is 0 Å². The lowest BCUT2D eigenvalue weighted by molar-refractivity contribution is 0.0166. The molecule has 2 N–H and O–H groups in total. The monoisotopic (exact) mass is 256 g/mol. The first-order valence-corrected chi connectivity index (χ1v) is 6.04. The van der Waals surface area contributed by atoms with E-state index in [0.29, 0.717) is 17.5 Å². The molecule has 0 bridgehead atoms. The number of Topliss-reactive ketones (excluding diaryl/α,β-unsaturated/α-hetero) is 1. The molecule has 17 heavy (non-hydrogen) atoms. The van der Waals surface area contributed by atoms with Gasteiger partial charge in [-0.1, -0.05) is 12.1 Å². The number of carbonyl (C=O) groups is 1. The van der Waals surface area contributed by atoms with Crippen LogP contribution in [-0.4, -0.2) is 28.0 Å². The number of hydrogen-bond acceptors (Lipinski definition) is 3. The summed E-state index contributed by atoms with van der Waals surface area (Å²) in [7, 11) is 0. The molecule has 0 saturated heterocycles. The highest BCUT2D eigenvalue weighted by atomic mass is 35.5. The smallest absolute Gasteiger partial charge is 0.159 e. The normalized spacial score (nSPS) is 14.4. The minimum absolute atomic E-state index is 0.0646. The van der Waals surface area contributed by atoms with E-state index in [4.69, 9.17) is 11.6 Å². The van der Waals surface area contributed by atoms with Crippen LogP contribution in [0.1, 0.15) is 40.9 Å². The van der Waals surface area contributed by atoms with Crippen LogP contribution in [-0.2, 0) is 0 Å². The lowest BCUT2D eigenvalue weighted by atomic mass is 9.95. The number of rotatable bonds is 5. The van der Waals surface area contributed by atoms with Gasteiger partial charge in [-0.15, -0.1) is 11.6 Å². The number of aryl methyl sites for hydroxylation is 1. The molecular formula is C13H17ClO3.